The molecule has 0 aliphatic carbocycles. The summed E-state index contributed by atoms with van der Waals surface area (Å²) in [7, 11) is 1.34. The second kappa shape index (κ2) is 5.82. The Labute approximate surface area is 93.2 Å². The number of ether oxygens (including phenoxy) is 1. The van der Waals surface area contributed by atoms with Crippen LogP contribution in [-0.2, 0) is 15.3 Å². The molecule has 1 atom stereocenters. The van der Waals surface area contributed by atoms with Gasteiger partial charge in [0, 0.05) is 5.75 Å². The Balaban J connectivity index is 2.24. The van der Waals surface area contributed by atoms with Gasteiger partial charge in [-0.2, -0.15) is 11.8 Å². The third kappa shape index (κ3) is 3.97. The van der Waals surface area contributed by atoms with E-state index in [1.165, 1.54) is 7.11 Å². The molecule has 15 heavy (non-hydrogen) atoms. The normalized spacial score (nSPS) is 12.5. The fourth-order valence-corrected chi connectivity index (χ4v) is 1.93. The summed E-state index contributed by atoms with van der Waals surface area (Å²) in [5.41, 5.74) is 5.57. The Bertz CT molecular complexity index is 324. The van der Waals surface area contributed by atoms with Gasteiger partial charge < -0.3 is 14.9 Å². The lowest BCUT2D eigenvalue weighted by atomic mass is 10.4. The summed E-state index contributed by atoms with van der Waals surface area (Å²) in [6, 6.07) is 3.28. The number of hydrogen-bond acceptors (Lipinski definition) is 5. The average molecular weight is 229 g/mol. The number of nitrogens with two attached hydrogens (primary N) is 1. The van der Waals surface area contributed by atoms with E-state index in [4.69, 9.17) is 10.2 Å². The van der Waals surface area contributed by atoms with Crippen LogP contribution in [0.5, 0.6) is 0 Å². The molecule has 4 nitrogen and oxygen atoms in total. The quantitative estimate of drug-likeness (QED) is 0.771. The summed E-state index contributed by atoms with van der Waals surface area (Å²) in [4.78, 5) is 11.0. The zero-order valence-electron chi connectivity index (χ0n) is 8.86. The molecular weight excluding hydrogens is 214 g/mol. The van der Waals surface area contributed by atoms with Gasteiger partial charge in [0.25, 0.3) is 0 Å². The summed E-state index contributed by atoms with van der Waals surface area (Å²) in [6.07, 6.45) is 0. The predicted octanol–water partition coefficient (Wildman–Crippen LogP) is 1.32. The molecule has 1 heterocycles. The van der Waals surface area contributed by atoms with Crippen molar-refractivity contribution in [1.82, 2.24) is 0 Å². The number of carbonyl (C=O) groups excluding carboxylic acids is 1. The van der Waals surface area contributed by atoms with Crippen molar-refractivity contribution in [1.29, 1.82) is 0 Å². The Hall–Kier alpha value is -0.940. The lowest BCUT2D eigenvalue weighted by Gasteiger charge is -2.07. The second-order valence-corrected chi connectivity index (χ2v) is 4.19. The highest BCUT2D eigenvalue weighted by Gasteiger charge is 2.13. The maximum Gasteiger partial charge on any atom is 0.323 e. The molecule has 0 spiro atoms. The van der Waals surface area contributed by atoms with E-state index in [1.54, 1.807) is 11.8 Å². The molecule has 84 valence electrons. The molecule has 1 unspecified atom stereocenters. The van der Waals surface area contributed by atoms with Gasteiger partial charge in [0.15, 0.2) is 0 Å². The number of methoxy groups -OCH3 is 1. The Morgan fingerprint density at radius 2 is 2.40 bits per heavy atom. The summed E-state index contributed by atoms with van der Waals surface area (Å²) in [6.45, 7) is 1.90. The van der Waals surface area contributed by atoms with Crippen molar-refractivity contribution in [3.63, 3.8) is 0 Å². The first kappa shape index (κ1) is 12.1. The fraction of sp³-hybridized carbons (Fsp3) is 0.500. The molecule has 0 radical (unpaired) electrons. The van der Waals surface area contributed by atoms with E-state index in [0.717, 1.165) is 17.3 Å². The minimum Gasteiger partial charge on any atom is -0.468 e. The van der Waals surface area contributed by atoms with Crippen molar-refractivity contribution in [2.24, 2.45) is 5.73 Å². The van der Waals surface area contributed by atoms with Crippen LogP contribution >= 0.6 is 11.8 Å². The summed E-state index contributed by atoms with van der Waals surface area (Å²) >= 11 is 1.55. The van der Waals surface area contributed by atoms with Crippen LogP contribution in [0.4, 0.5) is 0 Å². The molecule has 5 heteroatoms. The number of esters is 1. The zero-order chi connectivity index (χ0) is 11.3. The minimum atomic E-state index is -0.559. The van der Waals surface area contributed by atoms with Crippen LogP contribution in [0.3, 0.4) is 0 Å². The van der Waals surface area contributed by atoms with Crippen LogP contribution in [0.2, 0.25) is 0 Å². The van der Waals surface area contributed by atoms with Gasteiger partial charge in [-0.15, -0.1) is 0 Å². The largest absolute Gasteiger partial charge is 0.468 e. The summed E-state index contributed by atoms with van der Waals surface area (Å²) < 4.78 is 9.89. The monoisotopic (exact) mass is 229 g/mol. The van der Waals surface area contributed by atoms with E-state index >= 15 is 0 Å². The number of rotatable bonds is 5. The molecule has 1 aromatic heterocycles. The number of furan rings is 1. The van der Waals surface area contributed by atoms with Gasteiger partial charge in [-0.1, -0.05) is 0 Å². The van der Waals surface area contributed by atoms with Gasteiger partial charge in [0.05, 0.1) is 12.9 Å². The van der Waals surface area contributed by atoms with Gasteiger partial charge in [0.2, 0.25) is 0 Å². The SMILES string of the molecule is COC(=O)C(N)CSCc1ccc(C)o1. The van der Waals surface area contributed by atoms with Gasteiger partial charge in [-0.3, -0.25) is 4.79 Å². The average Bonchev–Trinajstić information content (AvgIpc) is 2.63. The summed E-state index contributed by atoms with van der Waals surface area (Å²) in [5, 5.41) is 0. The van der Waals surface area contributed by atoms with E-state index in [-0.39, 0.29) is 5.97 Å². The van der Waals surface area contributed by atoms with Crippen LogP contribution in [0.25, 0.3) is 0 Å². The lowest BCUT2D eigenvalue weighted by molar-refractivity contribution is -0.141. The molecule has 1 rings (SSSR count). The summed E-state index contributed by atoms with van der Waals surface area (Å²) in [5.74, 6) is 2.67. The van der Waals surface area contributed by atoms with Crippen molar-refractivity contribution in [3.8, 4) is 0 Å². The molecule has 1 aromatic rings. The van der Waals surface area contributed by atoms with E-state index in [9.17, 15) is 4.79 Å². The highest BCUT2D eigenvalue weighted by Crippen LogP contribution is 2.15. The Morgan fingerprint density at radius 3 is 2.93 bits per heavy atom. The maximum atomic E-state index is 11.0. The first-order valence-corrected chi connectivity index (χ1v) is 5.75. The molecule has 0 amide bonds. The van der Waals surface area contributed by atoms with Crippen molar-refractivity contribution in [3.05, 3.63) is 23.7 Å². The maximum absolute atomic E-state index is 11.0. The predicted molar refractivity (Wildman–Crippen MR) is 59.6 cm³/mol. The highest BCUT2D eigenvalue weighted by atomic mass is 32.2. The molecular formula is C10H15NO3S. The first-order valence-electron chi connectivity index (χ1n) is 4.60. The van der Waals surface area contributed by atoms with Gasteiger partial charge in [-0.05, 0) is 19.1 Å². The standard InChI is InChI=1S/C10H15NO3S/c1-7-3-4-8(14-7)5-15-6-9(11)10(12)13-2/h3-4,9H,5-6,11H2,1-2H3. The highest BCUT2D eigenvalue weighted by molar-refractivity contribution is 7.98. The molecule has 0 bridgehead atoms. The minimum absolute atomic E-state index is 0.377. The number of aryl methyl sites for hydroxylation is 1. The zero-order valence-corrected chi connectivity index (χ0v) is 9.67. The molecule has 0 saturated heterocycles. The van der Waals surface area contributed by atoms with E-state index < -0.39 is 6.04 Å². The first-order chi connectivity index (χ1) is 7.13. The Kier molecular flexibility index (Phi) is 4.71. The number of carbonyl (C=O) groups is 1. The third-order valence-corrected chi connectivity index (χ3v) is 2.93. The smallest absolute Gasteiger partial charge is 0.323 e. The topological polar surface area (TPSA) is 65.5 Å². The third-order valence-electron chi connectivity index (χ3n) is 1.84. The molecule has 0 aliphatic heterocycles. The van der Waals surface area contributed by atoms with Crippen LogP contribution in [0.1, 0.15) is 11.5 Å². The fourth-order valence-electron chi connectivity index (χ4n) is 1.07. The van der Waals surface area contributed by atoms with Crippen LogP contribution in [0.15, 0.2) is 16.5 Å². The lowest BCUT2D eigenvalue weighted by Crippen LogP contribution is -2.33. The van der Waals surface area contributed by atoms with Gasteiger partial charge >= 0.3 is 5.97 Å². The molecule has 0 aliphatic rings. The van der Waals surface area contributed by atoms with Gasteiger partial charge in [0.1, 0.15) is 17.6 Å². The van der Waals surface area contributed by atoms with Crippen LogP contribution in [0, 0.1) is 6.92 Å². The van der Waals surface area contributed by atoms with Crippen molar-refractivity contribution >= 4 is 17.7 Å². The number of thioether (sulfide) groups is 1. The van der Waals surface area contributed by atoms with Crippen molar-refractivity contribution in [2.45, 2.75) is 18.7 Å². The molecule has 2 N–H and O–H groups in total. The van der Waals surface area contributed by atoms with Crippen LogP contribution < -0.4 is 5.73 Å². The number of hydrogen-bond donors (Lipinski definition) is 1. The van der Waals surface area contributed by atoms with E-state index in [2.05, 4.69) is 4.74 Å². The van der Waals surface area contributed by atoms with E-state index in [1.807, 2.05) is 19.1 Å². The molecule has 0 fully saturated rings. The van der Waals surface area contributed by atoms with Gasteiger partial charge in [-0.25, -0.2) is 0 Å². The molecule has 0 aromatic carbocycles. The second-order valence-electron chi connectivity index (χ2n) is 3.16. The van der Waals surface area contributed by atoms with E-state index in [0.29, 0.717) is 5.75 Å². The van der Waals surface area contributed by atoms with Crippen molar-refractivity contribution in [2.75, 3.05) is 12.9 Å². The Morgan fingerprint density at radius 1 is 1.67 bits per heavy atom. The van der Waals surface area contributed by atoms with Crippen molar-refractivity contribution < 1.29 is 13.9 Å². The van der Waals surface area contributed by atoms with Crippen LogP contribution in [-0.4, -0.2) is 24.9 Å². The molecule has 0 saturated carbocycles.